The fourth-order valence-electron chi connectivity index (χ4n) is 2.21. The van der Waals surface area contributed by atoms with Gasteiger partial charge in [-0.2, -0.15) is 0 Å². The second-order valence-corrected chi connectivity index (χ2v) is 4.71. The topological polar surface area (TPSA) is 20.3 Å². The number of Topliss-reactive ketones (excluding diaryl/α,β-unsaturated/α-hetero) is 1. The van der Waals surface area contributed by atoms with E-state index in [1.54, 1.807) is 12.1 Å². The molecule has 1 aromatic rings. The molecule has 3 heteroatoms. The minimum Gasteiger partial charge on any atom is -0.359 e. The second-order valence-electron chi connectivity index (χ2n) is 4.71. The molecule has 0 aromatic heterocycles. The Morgan fingerprint density at radius 1 is 1.25 bits per heavy atom. The van der Waals surface area contributed by atoms with Crippen LogP contribution in [0.1, 0.15) is 26.7 Å². The van der Waals surface area contributed by atoms with E-state index in [1.165, 1.54) is 12.1 Å². The van der Waals surface area contributed by atoms with Gasteiger partial charge in [-0.3, -0.25) is 4.79 Å². The van der Waals surface area contributed by atoms with Gasteiger partial charge in [-0.25, -0.2) is 4.39 Å². The first-order chi connectivity index (χ1) is 7.51. The first kappa shape index (κ1) is 11.1. The molecular formula is C13H16FNO. The van der Waals surface area contributed by atoms with Crippen LogP contribution in [0.4, 0.5) is 10.1 Å². The predicted octanol–water partition coefficient (Wildman–Crippen LogP) is 2.77. The monoisotopic (exact) mass is 221 g/mol. The predicted molar refractivity (Wildman–Crippen MR) is 62.1 cm³/mol. The van der Waals surface area contributed by atoms with Crippen LogP contribution in [-0.2, 0) is 4.79 Å². The normalized spacial score (nSPS) is 19.9. The summed E-state index contributed by atoms with van der Waals surface area (Å²) < 4.78 is 12.8. The average Bonchev–Trinajstić information content (AvgIpc) is 2.24. The zero-order valence-corrected chi connectivity index (χ0v) is 9.66. The van der Waals surface area contributed by atoms with Gasteiger partial charge < -0.3 is 4.90 Å². The highest BCUT2D eigenvalue weighted by atomic mass is 19.1. The van der Waals surface area contributed by atoms with E-state index in [1.807, 2.05) is 13.8 Å². The molecule has 1 aliphatic rings. The molecule has 0 amide bonds. The summed E-state index contributed by atoms with van der Waals surface area (Å²) in [6.07, 6.45) is 1.52. The van der Waals surface area contributed by atoms with Crippen molar-refractivity contribution in [2.24, 2.45) is 0 Å². The maximum absolute atomic E-state index is 12.8. The summed E-state index contributed by atoms with van der Waals surface area (Å²) in [5, 5.41) is 0. The number of benzene rings is 1. The summed E-state index contributed by atoms with van der Waals surface area (Å²) in [5.74, 6) is 0.00738. The Balaban J connectivity index is 2.32. The van der Waals surface area contributed by atoms with Crippen molar-refractivity contribution in [1.29, 1.82) is 0 Å². The van der Waals surface area contributed by atoms with E-state index in [9.17, 15) is 9.18 Å². The molecule has 0 spiro atoms. The molecule has 2 nitrogen and oxygen atoms in total. The number of nitrogens with zero attached hydrogens (tertiary/aromatic N) is 1. The highest BCUT2D eigenvalue weighted by Crippen LogP contribution is 2.30. The number of anilines is 1. The number of hydrogen-bond donors (Lipinski definition) is 0. The van der Waals surface area contributed by atoms with Crippen molar-refractivity contribution >= 4 is 11.5 Å². The zero-order chi connectivity index (χ0) is 11.8. The summed E-state index contributed by atoms with van der Waals surface area (Å²) in [6, 6.07) is 6.33. The van der Waals surface area contributed by atoms with E-state index in [0.717, 1.165) is 18.7 Å². The number of carbonyl (C=O) groups is 1. The van der Waals surface area contributed by atoms with Crippen molar-refractivity contribution in [3.63, 3.8) is 0 Å². The van der Waals surface area contributed by atoms with Crippen LogP contribution in [0.25, 0.3) is 0 Å². The Hall–Kier alpha value is -1.38. The summed E-state index contributed by atoms with van der Waals surface area (Å²) in [5.41, 5.74) is 0.440. The number of piperidine rings is 1. The van der Waals surface area contributed by atoms with Gasteiger partial charge in [0.15, 0.2) is 5.78 Å². The second kappa shape index (κ2) is 3.89. The van der Waals surface area contributed by atoms with Crippen molar-refractivity contribution in [2.75, 3.05) is 11.4 Å². The number of carbonyl (C=O) groups excluding carboxylic acids is 1. The van der Waals surface area contributed by atoms with Crippen LogP contribution in [0, 0.1) is 5.82 Å². The summed E-state index contributed by atoms with van der Waals surface area (Å²) >= 11 is 0. The van der Waals surface area contributed by atoms with Crippen molar-refractivity contribution in [1.82, 2.24) is 0 Å². The van der Waals surface area contributed by atoms with Gasteiger partial charge in [0, 0.05) is 18.7 Å². The van der Waals surface area contributed by atoms with Crippen molar-refractivity contribution < 1.29 is 9.18 Å². The van der Waals surface area contributed by atoms with Gasteiger partial charge >= 0.3 is 0 Å². The highest BCUT2D eigenvalue weighted by molar-refractivity contribution is 5.92. The fraction of sp³-hybridized carbons (Fsp3) is 0.462. The van der Waals surface area contributed by atoms with Crippen LogP contribution >= 0.6 is 0 Å². The molecule has 1 aliphatic heterocycles. The molecule has 0 radical (unpaired) electrons. The average molecular weight is 221 g/mol. The largest absolute Gasteiger partial charge is 0.359 e. The van der Waals surface area contributed by atoms with Crippen molar-refractivity contribution in [2.45, 2.75) is 32.2 Å². The molecule has 0 atom stereocenters. The van der Waals surface area contributed by atoms with E-state index < -0.39 is 5.54 Å². The molecule has 0 bridgehead atoms. The summed E-state index contributed by atoms with van der Waals surface area (Å²) in [6.45, 7) is 4.71. The number of rotatable bonds is 1. The first-order valence-electron chi connectivity index (χ1n) is 5.58. The van der Waals surface area contributed by atoms with Crippen LogP contribution in [0.3, 0.4) is 0 Å². The van der Waals surface area contributed by atoms with Crippen LogP contribution in [0.2, 0.25) is 0 Å². The third kappa shape index (κ3) is 1.82. The van der Waals surface area contributed by atoms with Crippen LogP contribution in [0.5, 0.6) is 0 Å². The maximum Gasteiger partial charge on any atom is 0.157 e. The minimum atomic E-state index is -0.476. The molecule has 2 rings (SSSR count). The van der Waals surface area contributed by atoms with Gasteiger partial charge in [-0.15, -0.1) is 0 Å². The Morgan fingerprint density at radius 2 is 1.88 bits per heavy atom. The molecule has 1 heterocycles. The lowest BCUT2D eigenvalue weighted by Crippen LogP contribution is -2.54. The van der Waals surface area contributed by atoms with Gasteiger partial charge in [0.2, 0.25) is 0 Å². The van der Waals surface area contributed by atoms with Gasteiger partial charge in [0.25, 0.3) is 0 Å². The fourth-order valence-corrected chi connectivity index (χ4v) is 2.21. The van der Waals surface area contributed by atoms with Crippen molar-refractivity contribution in [3.05, 3.63) is 30.1 Å². The Labute approximate surface area is 95.1 Å². The first-order valence-corrected chi connectivity index (χ1v) is 5.58. The standard InChI is InChI=1S/C13H16FNO/c1-13(2)12(16)4-3-9-15(13)11-7-5-10(14)6-8-11/h5-8H,3-4,9H2,1-2H3. The third-order valence-electron chi connectivity index (χ3n) is 3.28. The third-order valence-corrected chi connectivity index (χ3v) is 3.28. The summed E-state index contributed by atoms with van der Waals surface area (Å²) in [4.78, 5) is 13.9. The lowest BCUT2D eigenvalue weighted by atomic mass is 9.88. The quantitative estimate of drug-likeness (QED) is 0.726. The van der Waals surface area contributed by atoms with Crippen LogP contribution in [0.15, 0.2) is 24.3 Å². The minimum absolute atomic E-state index is 0.245. The van der Waals surface area contributed by atoms with E-state index >= 15 is 0 Å². The molecule has 0 aliphatic carbocycles. The molecule has 0 N–H and O–H groups in total. The van der Waals surface area contributed by atoms with E-state index in [0.29, 0.717) is 6.42 Å². The highest BCUT2D eigenvalue weighted by Gasteiger charge is 2.37. The number of hydrogen-bond acceptors (Lipinski definition) is 2. The zero-order valence-electron chi connectivity index (χ0n) is 9.66. The van der Waals surface area contributed by atoms with E-state index in [4.69, 9.17) is 0 Å². The molecule has 0 unspecified atom stereocenters. The van der Waals surface area contributed by atoms with Crippen molar-refractivity contribution in [3.8, 4) is 0 Å². The molecule has 0 saturated carbocycles. The smallest absolute Gasteiger partial charge is 0.157 e. The van der Waals surface area contributed by atoms with Gasteiger partial charge in [-0.05, 0) is 44.5 Å². The Kier molecular flexibility index (Phi) is 2.70. The number of ketones is 1. The lowest BCUT2D eigenvalue weighted by Gasteiger charge is -2.42. The Morgan fingerprint density at radius 3 is 2.50 bits per heavy atom. The lowest BCUT2D eigenvalue weighted by molar-refractivity contribution is -0.124. The molecular weight excluding hydrogens is 205 g/mol. The van der Waals surface area contributed by atoms with Gasteiger partial charge in [0.05, 0.1) is 5.54 Å². The molecule has 1 saturated heterocycles. The number of halogens is 1. The van der Waals surface area contributed by atoms with Gasteiger partial charge in [-0.1, -0.05) is 0 Å². The maximum atomic E-state index is 12.8. The van der Waals surface area contributed by atoms with Crippen LogP contribution in [-0.4, -0.2) is 17.9 Å². The SMILES string of the molecule is CC1(C)C(=O)CCCN1c1ccc(F)cc1. The Bertz CT molecular complexity index is 397. The molecule has 16 heavy (non-hydrogen) atoms. The molecule has 1 fully saturated rings. The molecule has 1 aromatic carbocycles. The van der Waals surface area contributed by atoms with Gasteiger partial charge in [0.1, 0.15) is 5.82 Å². The van der Waals surface area contributed by atoms with E-state index in [2.05, 4.69) is 4.90 Å². The molecule has 86 valence electrons. The van der Waals surface area contributed by atoms with E-state index in [-0.39, 0.29) is 11.6 Å². The van der Waals surface area contributed by atoms with Crippen LogP contribution < -0.4 is 4.90 Å². The summed E-state index contributed by atoms with van der Waals surface area (Å²) in [7, 11) is 0.